The van der Waals surface area contributed by atoms with E-state index in [-0.39, 0.29) is 41.6 Å². The number of halogens is 1. The van der Waals surface area contributed by atoms with Crippen molar-refractivity contribution in [1.82, 2.24) is 9.29 Å². The van der Waals surface area contributed by atoms with Crippen LogP contribution in [0, 0.1) is 5.82 Å². The number of rotatable bonds is 7. The highest BCUT2D eigenvalue weighted by Crippen LogP contribution is 2.32. The lowest BCUT2D eigenvalue weighted by molar-refractivity contribution is -0.0440. The Morgan fingerprint density at radius 3 is 2.42 bits per heavy atom. The third-order valence-electron chi connectivity index (χ3n) is 6.28. The van der Waals surface area contributed by atoms with Gasteiger partial charge < -0.3 is 9.47 Å². The van der Waals surface area contributed by atoms with E-state index in [1.807, 2.05) is 19.9 Å². The van der Waals surface area contributed by atoms with Crippen molar-refractivity contribution < 1.29 is 27.1 Å². The number of amides is 1. The van der Waals surface area contributed by atoms with Crippen LogP contribution in [-0.2, 0) is 14.8 Å². The van der Waals surface area contributed by atoms with Gasteiger partial charge in [0.15, 0.2) is 0 Å². The van der Waals surface area contributed by atoms with Crippen LogP contribution in [0.4, 0.5) is 9.52 Å². The monoisotopic (exact) mass is 582 g/mol. The number of aromatic nitrogens is 1. The summed E-state index contributed by atoms with van der Waals surface area (Å²) in [5.41, 5.74) is 1.46. The summed E-state index contributed by atoms with van der Waals surface area (Å²) >= 11 is 1.25. The maximum Gasteiger partial charge on any atom is 0.280 e. The largest absolute Gasteiger partial charge is 0.497 e. The van der Waals surface area contributed by atoms with E-state index in [1.54, 1.807) is 19.2 Å². The topological polar surface area (TPSA) is 101 Å². The average Bonchev–Trinajstić information content (AvgIpc) is 3.36. The third kappa shape index (κ3) is 5.89. The number of hydrogen-bond donors (Lipinski definition) is 0. The summed E-state index contributed by atoms with van der Waals surface area (Å²) < 4.78 is 53.0. The standard InChI is InChI=1S/C28H27FN4O5S2/c1-18-16-32(17-19(2)38-18)40(35,36)24-11-6-21(7-12-24)27(34)33(30-15-20-4-8-22(29)9-5-20)28-31-25-13-10-23(37-3)14-26(25)39-28/h4-15,18-19H,16-17H2,1-3H3/b30-15+. The van der Waals surface area contributed by atoms with Crippen molar-refractivity contribution in [2.24, 2.45) is 5.10 Å². The summed E-state index contributed by atoms with van der Waals surface area (Å²) in [6.45, 7) is 4.17. The van der Waals surface area contributed by atoms with E-state index in [0.29, 0.717) is 22.0 Å². The molecule has 1 aromatic heterocycles. The Morgan fingerprint density at radius 1 is 1.10 bits per heavy atom. The van der Waals surface area contributed by atoms with Gasteiger partial charge in [-0.2, -0.15) is 14.4 Å². The van der Waals surface area contributed by atoms with Gasteiger partial charge in [0, 0.05) is 18.7 Å². The summed E-state index contributed by atoms with van der Waals surface area (Å²) in [5, 5.41) is 5.84. The number of morpholine rings is 1. The van der Waals surface area contributed by atoms with Crippen LogP contribution < -0.4 is 9.75 Å². The zero-order valence-corrected chi connectivity index (χ0v) is 23.7. The first kappa shape index (κ1) is 27.8. The molecule has 4 aromatic rings. The molecule has 0 radical (unpaired) electrons. The molecule has 208 valence electrons. The quantitative estimate of drug-likeness (QED) is 0.226. The minimum absolute atomic E-state index is 0.0822. The first-order valence-electron chi connectivity index (χ1n) is 12.5. The number of benzene rings is 3. The molecule has 3 aromatic carbocycles. The Balaban J connectivity index is 1.47. The molecule has 0 spiro atoms. The van der Waals surface area contributed by atoms with Crippen LogP contribution >= 0.6 is 11.3 Å². The molecule has 1 aliphatic rings. The van der Waals surface area contributed by atoms with Crippen molar-refractivity contribution in [3.05, 3.63) is 83.7 Å². The number of ether oxygens (including phenoxy) is 2. The molecule has 5 rings (SSSR count). The highest BCUT2D eigenvalue weighted by atomic mass is 32.2. The minimum atomic E-state index is -3.77. The SMILES string of the molecule is COc1ccc2nc(N(/N=C/c3ccc(F)cc3)C(=O)c3ccc(S(=O)(=O)N4CC(C)OC(C)C4)cc3)sc2c1. The van der Waals surface area contributed by atoms with Gasteiger partial charge in [-0.25, -0.2) is 17.8 Å². The predicted octanol–water partition coefficient (Wildman–Crippen LogP) is 4.92. The van der Waals surface area contributed by atoms with Crippen LogP contribution in [0.3, 0.4) is 0 Å². The second kappa shape index (κ2) is 11.4. The number of nitrogens with zero attached hydrogens (tertiary/aromatic N) is 4. The van der Waals surface area contributed by atoms with Crippen molar-refractivity contribution in [1.29, 1.82) is 0 Å². The van der Waals surface area contributed by atoms with Crippen molar-refractivity contribution in [3.8, 4) is 5.75 Å². The number of hydrogen-bond acceptors (Lipinski definition) is 8. The minimum Gasteiger partial charge on any atom is -0.497 e. The zero-order valence-electron chi connectivity index (χ0n) is 22.0. The molecule has 1 aliphatic heterocycles. The number of fused-ring (bicyclic) bond motifs is 1. The molecule has 2 atom stereocenters. The van der Waals surface area contributed by atoms with E-state index in [4.69, 9.17) is 9.47 Å². The highest BCUT2D eigenvalue weighted by molar-refractivity contribution is 7.89. The molecule has 40 heavy (non-hydrogen) atoms. The number of thiazole rings is 1. The summed E-state index contributed by atoms with van der Waals surface area (Å²) in [5.74, 6) is -0.251. The summed E-state index contributed by atoms with van der Waals surface area (Å²) in [4.78, 5) is 18.3. The predicted molar refractivity (Wildman–Crippen MR) is 152 cm³/mol. The fourth-order valence-electron chi connectivity index (χ4n) is 4.34. The molecule has 1 fully saturated rings. The zero-order chi connectivity index (χ0) is 28.4. The van der Waals surface area contributed by atoms with Crippen LogP contribution in [0.5, 0.6) is 5.75 Å². The Kier molecular flexibility index (Phi) is 7.95. The van der Waals surface area contributed by atoms with E-state index >= 15 is 0 Å². The number of hydrazone groups is 1. The lowest BCUT2D eigenvalue weighted by Gasteiger charge is -2.34. The first-order chi connectivity index (χ1) is 19.1. The van der Waals surface area contributed by atoms with Gasteiger partial charge in [-0.1, -0.05) is 23.5 Å². The Hall–Kier alpha value is -3.71. The van der Waals surface area contributed by atoms with Gasteiger partial charge in [0.1, 0.15) is 11.6 Å². The van der Waals surface area contributed by atoms with Gasteiger partial charge in [0.2, 0.25) is 15.2 Å². The lowest BCUT2D eigenvalue weighted by atomic mass is 10.2. The van der Waals surface area contributed by atoms with Gasteiger partial charge in [-0.05, 0) is 74.0 Å². The summed E-state index contributed by atoms with van der Waals surface area (Å²) in [7, 11) is -2.20. The molecule has 0 N–H and O–H groups in total. The number of carbonyl (C=O) groups is 1. The maximum atomic E-state index is 13.7. The molecule has 0 aliphatic carbocycles. The van der Waals surface area contributed by atoms with E-state index in [9.17, 15) is 17.6 Å². The van der Waals surface area contributed by atoms with Crippen LogP contribution in [0.15, 0.2) is 76.7 Å². The Labute approximate surface area is 235 Å². The molecule has 2 heterocycles. The molecule has 0 bridgehead atoms. The molecule has 1 saturated heterocycles. The van der Waals surface area contributed by atoms with Crippen molar-refractivity contribution >= 4 is 48.8 Å². The molecular weight excluding hydrogens is 555 g/mol. The number of methoxy groups -OCH3 is 1. The molecule has 0 saturated carbocycles. The summed E-state index contributed by atoms with van der Waals surface area (Å²) in [6, 6.07) is 16.8. The van der Waals surface area contributed by atoms with Crippen molar-refractivity contribution in [2.45, 2.75) is 31.0 Å². The van der Waals surface area contributed by atoms with Gasteiger partial charge in [0.05, 0.1) is 40.6 Å². The van der Waals surface area contributed by atoms with E-state index in [1.165, 1.54) is 70.4 Å². The van der Waals surface area contributed by atoms with Crippen LogP contribution in [0.1, 0.15) is 29.8 Å². The van der Waals surface area contributed by atoms with E-state index in [2.05, 4.69) is 10.1 Å². The maximum absolute atomic E-state index is 13.7. The molecule has 1 amide bonds. The average molecular weight is 583 g/mol. The molecule has 2 unspecified atom stereocenters. The fraction of sp³-hybridized carbons (Fsp3) is 0.250. The van der Waals surface area contributed by atoms with E-state index < -0.39 is 15.9 Å². The van der Waals surface area contributed by atoms with Gasteiger partial charge in [-0.3, -0.25) is 4.79 Å². The van der Waals surface area contributed by atoms with Crippen LogP contribution in [0.25, 0.3) is 10.2 Å². The van der Waals surface area contributed by atoms with Gasteiger partial charge in [0.25, 0.3) is 5.91 Å². The van der Waals surface area contributed by atoms with Crippen LogP contribution in [-0.4, -0.2) is 62.2 Å². The molecule has 9 nitrogen and oxygen atoms in total. The lowest BCUT2D eigenvalue weighted by Crippen LogP contribution is -2.48. The normalized spacial score (nSPS) is 18.3. The number of anilines is 1. The van der Waals surface area contributed by atoms with Gasteiger partial charge in [-0.15, -0.1) is 0 Å². The summed E-state index contributed by atoms with van der Waals surface area (Å²) in [6.07, 6.45) is 0.991. The smallest absolute Gasteiger partial charge is 0.280 e. The first-order valence-corrected chi connectivity index (χ1v) is 14.7. The molecule has 12 heteroatoms. The van der Waals surface area contributed by atoms with E-state index in [0.717, 1.165) is 9.71 Å². The second-order valence-corrected chi connectivity index (χ2v) is 12.3. The highest BCUT2D eigenvalue weighted by Gasteiger charge is 2.32. The molecular formula is C28H27FN4O5S2. The number of carbonyl (C=O) groups excluding carboxylic acids is 1. The van der Waals surface area contributed by atoms with Crippen molar-refractivity contribution in [3.63, 3.8) is 0 Å². The Morgan fingerprint density at radius 2 is 1.77 bits per heavy atom. The second-order valence-electron chi connectivity index (χ2n) is 9.35. The van der Waals surface area contributed by atoms with Gasteiger partial charge >= 0.3 is 0 Å². The number of sulfonamides is 1. The Bertz CT molecular complexity index is 1650. The van der Waals surface area contributed by atoms with Crippen molar-refractivity contribution in [2.75, 3.05) is 25.2 Å². The fourth-order valence-corrected chi connectivity index (χ4v) is 6.88. The van der Waals surface area contributed by atoms with Crippen LogP contribution in [0.2, 0.25) is 0 Å². The third-order valence-corrected chi connectivity index (χ3v) is 9.11.